The molecule has 0 amide bonds. The first-order valence-corrected chi connectivity index (χ1v) is 11.1. The van der Waals surface area contributed by atoms with E-state index in [-0.39, 0.29) is 11.6 Å². The van der Waals surface area contributed by atoms with Crippen molar-refractivity contribution in [3.8, 4) is 22.5 Å². The minimum atomic E-state index is -0.458. The van der Waals surface area contributed by atoms with Crippen molar-refractivity contribution in [3.63, 3.8) is 0 Å². The molecule has 7 nitrogen and oxygen atoms in total. The molecule has 0 bridgehead atoms. The molecule has 4 aromatic rings. The molecule has 0 radical (unpaired) electrons. The van der Waals surface area contributed by atoms with Crippen LogP contribution < -0.4 is 5.56 Å². The van der Waals surface area contributed by atoms with Gasteiger partial charge in [-0.2, -0.15) is 10.2 Å². The van der Waals surface area contributed by atoms with Gasteiger partial charge in [-0.3, -0.25) is 4.79 Å². The molecule has 2 fully saturated rings. The fraction of sp³-hybridized carbons (Fsp3) is 0.320. The Morgan fingerprint density at radius 1 is 0.875 bits per heavy atom. The molecule has 3 aromatic heterocycles. The molecule has 0 atom stereocenters. The Morgan fingerprint density at radius 3 is 2.41 bits per heavy atom. The maximum Gasteiger partial charge on any atom is 0.267 e. The second kappa shape index (κ2) is 7.69. The first-order chi connectivity index (χ1) is 15.7. The molecule has 0 unspecified atom stereocenters. The Bertz CT molecular complexity index is 1310. The number of nitrogens with zero attached hydrogens (tertiary/aromatic N) is 4. The van der Waals surface area contributed by atoms with E-state index in [2.05, 4.69) is 0 Å². The van der Waals surface area contributed by atoms with Gasteiger partial charge in [-0.1, -0.05) is 36.4 Å². The largest absolute Gasteiger partial charge is 0.348 e. The third-order valence-corrected chi connectivity index (χ3v) is 6.54. The summed E-state index contributed by atoms with van der Waals surface area (Å²) >= 11 is 0. The van der Waals surface area contributed by atoms with Crippen LogP contribution in [-0.4, -0.2) is 38.4 Å². The van der Waals surface area contributed by atoms with E-state index in [1.165, 1.54) is 0 Å². The van der Waals surface area contributed by atoms with E-state index in [1.807, 2.05) is 65.3 Å². The topological polar surface area (TPSA) is 70.7 Å². The van der Waals surface area contributed by atoms with Crippen LogP contribution in [0.3, 0.4) is 0 Å². The van der Waals surface area contributed by atoms with Crippen molar-refractivity contribution in [3.05, 3.63) is 77.2 Å². The van der Waals surface area contributed by atoms with Crippen LogP contribution in [0.15, 0.2) is 71.7 Å². The lowest BCUT2D eigenvalue weighted by Gasteiger charge is -2.35. The highest BCUT2D eigenvalue weighted by Crippen LogP contribution is 2.40. The van der Waals surface area contributed by atoms with Crippen LogP contribution in [-0.2, 0) is 9.47 Å². The molecular weight excluding hydrogens is 404 g/mol. The summed E-state index contributed by atoms with van der Waals surface area (Å²) < 4.78 is 15.2. The predicted octanol–water partition coefficient (Wildman–Crippen LogP) is 4.08. The first kappa shape index (κ1) is 19.4. The van der Waals surface area contributed by atoms with Crippen molar-refractivity contribution in [1.82, 2.24) is 19.4 Å². The Morgan fingerprint density at radius 2 is 1.62 bits per heavy atom. The lowest BCUT2D eigenvalue weighted by atomic mass is 9.90. The molecule has 1 aliphatic carbocycles. The van der Waals surface area contributed by atoms with Crippen molar-refractivity contribution in [2.45, 2.75) is 37.5 Å². The van der Waals surface area contributed by atoms with Gasteiger partial charge >= 0.3 is 0 Å². The number of fused-ring (bicyclic) bond motifs is 1. The summed E-state index contributed by atoms with van der Waals surface area (Å²) in [5.74, 6) is -0.458. The molecule has 1 spiro atoms. The van der Waals surface area contributed by atoms with E-state index in [1.54, 1.807) is 10.7 Å². The van der Waals surface area contributed by atoms with Crippen molar-refractivity contribution in [1.29, 1.82) is 0 Å². The lowest BCUT2D eigenvalue weighted by molar-refractivity contribution is -0.181. The highest BCUT2D eigenvalue weighted by molar-refractivity contribution is 5.90. The average Bonchev–Trinajstić information content (AvgIpc) is 3.46. The van der Waals surface area contributed by atoms with Crippen LogP contribution in [0.2, 0.25) is 0 Å². The van der Waals surface area contributed by atoms with Crippen LogP contribution in [0.25, 0.3) is 28.0 Å². The molecule has 1 saturated carbocycles. The van der Waals surface area contributed by atoms with Gasteiger partial charge in [0.25, 0.3) is 5.56 Å². The molecule has 2 aliphatic rings. The van der Waals surface area contributed by atoms with Gasteiger partial charge < -0.3 is 9.47 Å². The van der Waals surface area contributed by atoms with Crippen LogP contribution in [0, 0.1) is 0 Å². The third kappa shape index (κ3) is 3.25. The molecular formula is C25H24N4O3. The summed E-state index contributed by atoms with van der Waals surface area (Å²) in [4.78, 5) is 12.8. The number of benzene rings is 1. The Labute approximate surface area is 185 Å². The van der Waals surface area contributed by atoms with E-state index in [9.17, 15) is 4.79 Å². The highest BCUT2D eigenvalue weighted by atomic mass is 16.7. The lowest BCUT2D eigenvalue weighted by Crippen LogP contribution is -2.38. The van der Waals surface area contributed by atoms with E-state index in [0.717, 1.165) is 53.7 Å². The van der Waals surface area contributed by atoms with Gasteiger partial charge in [0.15, 0.2) is 5.79 Å². The fourth-order valence-electron chi connectivity index (χ4n) is 4.94. The van der Waals surface area contributed by atoms with Crippen molar-refractivity contribution < 1.29 is 9.47 Å². The Hall–Kier alpha value is -3.29. The molecule has 4 heterocycles. The summed E-state index contributed by atoms with van der Waals surface area (Å²) in [6.07, 6.45) is 5.10. The first-order valence-electron chi connectivity index (χ1n) is 11.1. The highest BCUT2D eigenvalue weighted by Gasteiger charge is 2.41. The van der Waals surface area contributed by atoms with Crippen molar-refractivity contribution in [2.75, 3.05) is 13.2 Å². The minimum absolute atomic E-state index is 0.0305. The summed E-state index contributed by atoms with van der Waals surface area (Å²) in [5, 5.41) is 9.69. The van der Waals surface area contributed by atoms with Crippen LogP contribution in [0.5, 0.6) is 0 Å². The monoisotopic (exact) mass is 428 g/mol. The molecule has 6 rings (SSSR count). The van der Waals surface area contributed by atoms with Crippen molar-refractivity contribution in [2.24, 2.45) is 0 Å². The van der Waals surface area contributed by atoms with Gasteiger partial charge in [0.05, 0.1) is 36.0 Å². The van der Waals surface area contributed by atoms with Gasteiger partial charge in [-0.05, 0) is 31.0 Å². The fourth-order valence-corrected chi connectivity index (χ4v) is 4.94. The molecule has 1 aromatic carbocycles. The second-order valence-corrected chi connectivity index (χ2v) is 8.46. The van der Waals surface area contributed by atoms with E-state index in [0.29, 0.717) is 13.2 Å². The van der Waals surface area contributed by atoms with E-state index >= 15 is 0 Å². The summed E-state index contributed by atoms with van der Waals surface area (Å²) in [6, 6.07) is 19.5. The maximum atomic E-state index is 12.8. The van der Waals surface area contributed by atoms with Crippen LogP contribution in [0.4, 0.5) is 0 Å². The van der Waals surface area contributed by atoms with Gasteiger partial charge in [0, 0.05) is 30.7 Å². The average molecular weight is 428 g/mol. The molecule has 162 valence electrons. The molecule has 1 saturated heterocycles. The quantitative estimate of drug-likeness (QED) is 0.492. The van der Waals surface area contributed by atoms with E-state index < -0.39 is 5.79 Å². The Kier molecular flexibility index (Phi) is 4.66. The Balaban J connectivity index is 1.43. The van der Waals surface area contributed by atoms with Gasteiger partial charge in [0.1, 0.15) is 5.69 Å². The second-order valence-electron chi connectivity index (χ2n) is 8.46. The molecule has 0 N–H and O–H groups in total. The zero-order valence-electron chi connectivity index (χ0n) is 17.7. The van der Waals surface area contributed by atoms with Crippen LogP contribution >= 0.6 is 0 Å². The van der Waals surface area contributed by atoms with Gasteiger partial charge in [-0.15, -0.1) is 0 Å². The summed E-state index contributed by atoms with van der Waals surface area (Å²) in [7, 11) is 0. The zero-order chi connectivity index (χ0) is 21.5. The number of aromatic nitrogens is 4. The molecule has 7 heteroatoms. The smallest absolute Gasteiger partial charge is 0.267 e. The van der Waals surface area contributed by atoms with E-state index in [4.69, 9.17) is 19.7 Å². The minimum Gasteiger partial charge on any atom is -0.348 e. The third-order valence-electron chi connectivity index (χ3n) is 6.54. The summed E-state index contributed by atoms with van der Waals surface area (Å²) in [5.41, 5.74) is 4.42. The molecule has 1 aliphatic heterocycles. The number of pyridine rings is 1. The van der Waals surface area contributed by atoms with Gasteiger partial charge in [-0.25, -0.2) is 9.20 Å². The summed E-state index contributed by atoms with van der Waals surface area (Å²) in [6.45, 7) is 1.30. The number of hydrogen-bond donors (Lipinski definition) is 0. The standard InChI is InChI=1S/C25H24N4O3/c30-22-10-9-20(26-29(22)19-11-13-25(14-12-19)31-16-17-32-25)23-21-8-4-5-15-28(21)27-24(23)18-6-2-1-3-7-18/h1-10,15,19H,11-14,16-17H2. The number of rotatable bonds is 3. The normalized spacial score (nSPS) is 18.5. The van der Waals surface area contributed by atoms with Crippen molar-refractivity contribution >= 4 is 5.52 Å². The predicted molar refractivity (Wildman–Crippen MR) is 120 cm³/mol. The maximum absolute atomic E-state index is 12.8. The van der Waals surface area contributed by atoms with Gasteiger partial charge in [0.2, 0.25) is 0 Å². The number of ether oxygens (including phenoxy) is 2. The molecule has 32 heavy (non-hydrogen) atoms. The van der Waals surface area contributed by atoms with Crippen LogP contribution in [0.1, 0.15) is 31.7 Å². The SMILES string of the molecule is O=c1ccc(-c2c(-c3ccccc3)nn3ccccc23)nn1C1CCC2(CC1)OCCO2. The number of hydrogen-bond acceptors (Lipinski definition) is 5. The zero-order valence-corrected chi connectivity index (χ0v) is 17.7.